The molecule has 2 aliphatic rings. The first kappa shape index (κ1) is 23.3. The second-order valence-electron chi connectivity index (χ2n) is 9.81. The predicted octanol–water partition coefficient (Wildman–Crippen LogP) is 7.00. The number of Topliss-reactive ketones (excluding diaryl/α,β-unsaturated/α-hetero) is 1. The highest BCUT2D eigenvalue weighted by Crippen LogP contribution is 2.40. The Morgan fingerprint density at radius 3 is 2.33 bits per heavy atom. The maximum Gasteiger partial charge on any atom is 0.135 e. The van der Waals surface area contributed by atoms with Gasteiger partial charge in [-0.3, -0.25) is 4.79 Å². The number of halogens is 1. The molecule has 0 aromatic carbocycles. The van der Waals surface area contributed by atoms with Crippen LogP contribution in [0, 0.1) is 17.8 Å². The van der Waals surface area contributed by atoms with Crippen LogP contribution in [0.1, 0.15) is 115 Å². The lowest BCUT2D eigenvalue weighted by atomic mass is 9.73. The Morgan fingerprint density at radius 1 is 1.00 bits per heavy atom. The van der Waals surface area contributed by atoms with Gasteiger partial charge in [0.05, 0.1) is 11.4 Å². The first-order valence-corrected chi connectivity index (χ1v) is 12.6. The second kappa shape index (κ2) is 11.9. The molecule has 3 nitrogen and oxygen atoms in total. The van der Waals surface area contributed by atoms with E-state index in [-0.39, 0.29) is 11.8 Å². The first-order valence-electron chi connectivity index (χ1n) is 12.6. The summed E-state index contributed by atoms with van der Waals surface area (Å²) < 4.78 is 15.0. The van der Waals surface area contributed by atoms with Gasteiger partial charge in [0.15, 0.2) is 0 Å². The maximum atomic E-state index is 15.0. The Labute approximate surface area is 182 Å². The number of carbonyl (C=O) groups is 1. The number of carbonyl (C=O) groups excluding carboxylic acids is 1. The molecule has 2 fully saturated rings. The molecule has 168 valence electrons. The van der Waals surface area contributed by atoms with Gasteiger partial charge in [-0.1, -0.05) is 26.7 Å². The van der Waals surface area contributed by atoms with E-state index in [4.69, 9.17) is 0 Å². The zero-order valence-corrected chi connectivity index (χ0v) is 19.1. The van der Waals surface area contributed by atoms with Gasteiger partial charge in [0.25, 0.3) is 0 Å². The molecular formula is C26H41FN2O. The molecule has 1 atom stereocenters. The van der Waals surface area contributed by atoms with E-state index in [0.717, 1.165) is 69.2 Å². The van der Waals surface area contributed by atoms with E-state index in [2.05, 4.69) is 29.3 Å². The van der Waals surface area contributed by atoms with Crippen molar-refractivity contribution in [3.8, 4) is 0 Å². The van der Waals surface area contributed by atoms with Crippen LogP contribution in [0.3, 0.4) is 0 Å². The largest absolute Gasteiger partial charge is 0.299 e. The number of alkyl halides is 1. The van der Waals surface area contributed by atoms with Crippen molar-refractivity contribution in [2.24, 2.45) is 17.8 Å². The van der Waals surface area contributed by atoms with E-state index < -0.39 is 6.17 Å². The van der Waals surface area contributed by atoms with Crippen molar-refractivity contribution in [2.45, 2.75) is 116 Å². The van der Waals surface area contributed by atoms with E-state index in [0.29, 0.717) is 30.5 Å². The van der Waals surface area contributed by atoms with Crippen molar-refractivity contribution < 1.29 is 9.18 Å². The second-order valence-corrected chi connectivity index (χ2v) is 9.81. The van der Waals surface area contributed by atoms with Crippen LogP contribution in [-0.2, 0) is 11.2 Å². The van der Waals surface area contributed by atoms with Crippen LogP contribution in [0.4, 0.5) is 4.39 Å². The summed E-state index contributed by atoms with van der Waals surface area (Å²) in [6, 6.07) is 4.33. The molecule has 1 heterocycles. The zero-order chi connectivity index (χ0) is 21.3. The molecule has 4 heteroatoms. The molecule has 0 bridgehead atoms. The number of ketones is 1. The number of aromatic nitrogens is 2. The van der Waals surface area contributed by atoms with Crippen molar-refractivity contribution in [1.82, 2.24) is 10.2 Å². The molecule has 0 radical (unpaired) electrons. The number of hydrogen-bond donors (Lipinski definition) is 0. The Balaban J connectivity index is 1.38. The molecule has 1 aromatic rings. The monoisotopic (exact) mass is 416 g/mol. The Kier molecular flexibility index (Phi) is 9.27. The number of hydrogen-bond acceptors (Lipinski definition) is 3. The van der Waals surface area contributed by atoms with Gasteiger partial charge in [0.2, 0.25) is 0 Å². The van der Waals surface area contributed by atoms with Crippen LogP contribution in [0.25, 0.3) is 0 Å². The standard InChI is InChI=1S/C26H41FN2O/c1-3-5-6-7-23-16-17-25(29-28-23)21-10-8-19(9-11-21)18-24(27)20-12-14-22(15-13-20)26(30)4-2/h16-17,19-22,24H,3-15,18H2,1-2H3. The van der Waals surface area contributed by atoms with Gasteiger partial charge in [-0.2, -0.15) is 10.2 Å². The molecule has 0 aliphatic heterocycles. The summed E-state index contributed by atoms with van der Waals surface area (Å²) in [6.07, 6.45) is 13.4. The third kappa shape index (κ3) is 6.59. The van der Waals surface area contributed by atoms with E-state index in [1.54, 1.807) is 0 Å². The first-order chi connectivity index (χ1) is 14.6. The van der Waals surface area contributed by atoms with Crippen LogP contribution in [0.15, 0.2) is 12.1 Å². The summed E-state index contributed by atoms with van der Waals surface area (Å²) in [6.45, 7) is 4.16. The van der Waals surface area contributed by atoms with Crippen molar-refractivity contribution in [3.63, 3.8) is 0 Å². The van der Waals surface area contributed by atoms with Gasteiger partial charge < -0.3 is 0 Å². The lowest BCUT2D eigenvalue weighted by Crippen LogP contribution is -2.28. The lowest BCUT2D eigenvalue weighted by molar-refractivity contribution is -0.124. The molecule has 0 saturated heterocycles. The van der Waals surface area contributed by atoms with Crippen LogP contribution in [0.5, 0.6) is 0 Å². The van der Waals surface area contributed by atoms with Crippen molar-refractivity contribution in [3.05, 3.63) is 23.5 Å². The SMILES string of the molecule is CCCCCc1ccc(C2CCC(CC(F)C3CCC(C(=O)CC)CC3)CC2)nn1. The van der Waals surface area contributed by atoms with Crippen LogP contribution in [-0.4, -0.2) is 22.2 Å². The van der Waals surface area contributed by atoms with Crippen molar-refractivity contribution in [2.75, 3.05) is 0 Å². The molecule has 1 unspecified atom stereocenters. The molecule has 0 amide bonds. The predicted molar refractivity (Wildman–Crippen MR) is 120 cm³/mol. The van der Waals surface area contributed by atoms with E-state index in [9.17, 15) is 9.18 Å². The van der Waals surface area contributed by atoms with Gasteiger partial charge in [0, 0.05) is 18.3 Å². The summed E-state index contributed by atoms with van der Waals surface area (Å²) >= 11 is 0. The number of rotatable bonds is 10. The summed E-state index contributed by atoms with van der Waals surface area (Å²) in [5, 5.41) is 8.96. The molecule has 0 N–H and O–H groups in total. The normalized spacial score (nSPS) is 28.2. The third-order valence-corrected chi connectivity index (χ3v) is 7.69. The minimum Gasteiger partial charge on any atom is -0.299 e. The van der Waals surface area contributed by atoms with Gasteiger partial charge in [-0.05, 0) is 94.6 Å². The minimum atomic E-state index is -0.688. The molecule has 2 aliphatic carbocycles. The van der Waals surface area contributed by atoms with E-state index >= 15 is 0 Å². The Hall–Kier alpha value is -1.32. The molecule has 2 saturated carbocycles. The summed E-state index contributed by atoms with van der Waals surface area (Å²) in [5.41, 5.74) is 2.24. The highest BCUT2D eigenvalue weighted by molar-refractivity contribution is 5.80. The fourth-order valence-corrected chi connectivity index (χ4v) is 5.57. The van der Waals surface area contributed by atoms with Crippen molar-refractivity contribution >= 4 is 5.78 Å². The fourth-order valence-electron chi connectivity index (χ4n) is 5.57. The summed E-state index contributed by atoms with van der Waals surface area (Å²) in [4.78, 5) is 11.9. The zero-order valence-electron chi connectivity index (χ0n) is 19.1. The number of aryl methyl sites for hydroxylation is 1. The maximum absolute atomic E-state index is 15.0. The van der Waals surface area contributed by atoms with E-state index in [1.165, 1.54) is 19.3 Å². The minimum absolute atomic E-state index is 0.176. The lowest BCUT2D eigenvalue weighted by Gasteiger charge is -2.33. The van der Waals surface area contributed by atoms with Gasteiger partial charge in [-0.25, -0.2) is 4.39 Å². The van der Waals surface area contributed by atoms with Crippen LogP contribution >= 0.6 is 0 Å². The Bertz CT molecular complexity index is 631. The summed E-state index contributed by atoms with van der Waals surface area (Å²) in [7, 11) is 0. The Morgan fingerprint density at radius 2 is 1.73 bits per heavy atom. The highest BCUT2D eigenvalue weighted by Gasteiger charge is 2.32. The van der Waals surface area contributed by atoms with E-state index in [1.807, 2.05) is 6.92 Å². The summed E-state index contributed by atoms with van der Waals surface area (Å²) in [5.74, 6) is 1.75. The average Bonchev–Trinajstić information content (AvgIpc) is 2.80. The van der Waals surface area contributed by atoms with Gasteiger partial charge in [-0.15, -0.1) is 0 Å². The van der Waals surface area contributed by atoms with Crippen LogP contribution < -0.4 is 0 Å². The van der Waals surface area contributed by atoms with Gasteiger partial charge >= 0.3 is 0 Å². The van der Waals surface area contributed by atoms with Crippen molar-refractivity contribution in [1.29, 1.82) is 0 Å². The number of unbranched alkanes of at least 4 members (excludes halogenated alkanes) is 2. The third-order valence-electron chi connectivity index (χ3n) is 7.69. The molecule has 3 rings (SSSR count). The topological polar surface area (TPSA) is 42.9 Å². The highest BCUT2D eigenvalue weighted by atomic mass is 19.1. The molecular weight excluding hydrogens is 375 g/mol. The number of nitrogens with zero attached hydrogens (tertiary/aromatic N) is 2. The smallest absolute Gasteiger partial charge is 0.135 e. The van der Waals surface area contributed by atoms with Gasteiger partial charge in [0.1, 0.15) is 12.0 Å². The quantitative estimate of drug-likeness (QED) is 0.386. The van der Waals surface area contributed by atoms with Crippen LogP contribution in [0.2, 0.25) is 0 Å². The molecule has 0 spiro atoms. The molecule has 30 heavy (non-hydrogen) atoms. The fraction of sp³-hybridized carbons (Fsp3) is 0.808. The molecule has 1 aromatic heterocycles. The average molecular weight is 417 g/mol.